The van der Waals surface area contributed by atoms with Crippen molar-refractivity contribution in [2.24, 2.45) is 16.1 Å². The number of amides is 2. The highest BCUT2D eigenvalue weighted by Crippen LogP contribution is 2.38. The molecule has 2 aromatic carbocycles. The summed E-state index contributed by atoms with van der Waals surface area (Å²) in [6.07, 6.45) is 4.44. The standard InChI is InChI=1S/C37H49N9O3/c1-25-9-11-26(12-10-25)41-34(23-32(38)37(2,3)4)43-36(48)42-30-14-15-31(29-8-6-5-7-28(29)30)49-27-13-16-33(39)46(24-27)35(40)45-19-17-44(18-20-45)21-22-47/h5-13,16,23-24,30-31,39-40,47H,14-15,17-22,38H2,1-4H3,(H2,41,42,43,48)/b32-23-,39-33?,40-35?/t30-,31+/m0/s1. The smallest absolute Gasteiger partial charge is 0.320 e. The third-order valence-electron chi connectivity index (χ3n) is 8.94. The van der Waals surface area contributed by atoms with Gasteiger partial charge in [0, 0.05) is 49.9 Å². The summed E-state index contributed by atoms with van der Waals surface area (Å²) in [6.45, 7) is 11.6. The number of nitrogens with two attached hydrogens (primary N) is 1. The minimum absolute atomic E-state index is 0.117. The highest BCUT2D eigenvalue weighted by molar-refractivity contribution is 6.05. The number of amidine groups is 1. The number of nitrogens with one attached hydrogen (secondary N) is 4. The molecule has 1 fully saturated rings. The first-order valence-corrected chi connectivity index (χ1v) is 16.8. The topological polar surface area (TPSA) is 168 Å². The molecule has 2 aliphatic rings. The third kappa shape index (κ3) is 9.15. The Morgan fingerprint density at radius 3 is 2.41 bits per heavy atom. The second kappa shape index (κ2) is 15.5. The highest BCUT2D eigenvalue weighted by atomic mass is 16.5. The average Bonchev–Trinajstić information content (AvgIpc) is 3.07. The van der Waals surface area contributed by atoms with E-state index in [0.717, 1.165) is 29.8 Å². The summed E-state index contributed by atoms with van der Waals surface area (Å²) in [4.78, 5) is 22.2. The molecule has 1 aromatic heterocycles. The number of ether oxygens (including phenoxy) is 1. The molecule has 0 bridgehead atoms. The van der Waals surface area contributed by atoms with Crippen molar-refractivity contribution in [3.63, 3.8) is 0 Å². The summed E-state index contributed by atoms with van der Waals surface area (Å²) in [5.74, 6) is 1.13. The number of aliphatic imine (C=N–C) groups is 1. The van der Waals surface area contributed by atoms with Crippen LogP contribution in [0.2, 0.25) is 0 Å². The number of rotatable bonds is 7. The van der Waals surface area contributed by atoms with Gasteiger partial charge in [-0.15, -0.1) is 0 Å². The first-order chi connectivity index (χ1) is 23.4. The molecule has 0 radical (unpaired) electrons. The fourth-order valence-electron chi connectivity index (χ4n) is 5.92. The lowest BCUT2D eigenvalue weighted by atomic mass is 9.85. The van der Waals surface area contributed by atoms with Gasteiger partial charge in [-0.3, -0.25) is 25.6 Å². The maximum atomic E-state index is 13.4. The highest BCUT2D eigenvalue weighted by Gasteiger charge is 2.30. The molecule has 1 saturated heterocycles. The normalized spacial score (nSPS) is 18.8. The zero-order chi connectivity index (χ0) is 35.1. The van der Waals surface area contributed by atoms with Crippen molar-refractivity contribution in [1.29, 1.82) is 10.8 Å². The Kier molecular flexibility index (Phi) is 11.2. The van der Waals surface area contributed by atoms with Crippen LogP contribution in [0.25, 0.3) is 0 Å². The molecule has 2 amide bonds. The van der Waals surface area contributed by atoms with Gasteiger partial charge in [-0.05, 0) is 55.2 Å². The fourth-order valence-corrected chi connectivity index (χ4v) is 5.92. The van der Waals surface area contributed by atoms with Crippen molar-refractivity contribution in [1.82, 2.24) is 25.0 Å². The Labute approximate surface area is 288 Å². The number of urea groups is 1. The van der Waals surface area contributed by atoms with E-state index in [4.69, 9.17) is 21.3 Å². The number of aromatic nitrogens is 1. The molecule has 2 heterocycles. The van der Waals surface area contributed by atoms with Crippen LogP contribution in [0.1, 0.15) is 62.4 Å². The number of hydrogen-bond donors (Lipinski definition) is 6. The average molecular weight is 668 g/mol. The summed E-state index contributed by atoms with van der Waals surface area (Å²) >= 11 is 0. The molecule has 2 atom stereocenters. The molecule has 5 rings (SSSR count). The van der Waals surface area contributed by atoms with Crippen LogP contribution in [0, 0.1) is 23.2 Å². The van der Waals surface area contributed by atoms with Crippen molar-refractivity contribution in [3.05, 3.63) is 101 Å². The molecule has 260 valence electrons. The number of pyridine rings is 1. The number of aliphatic hydroxyl groups excluding tert-OH is 1. The van der Waals surface area contributed by atoms with Gasteiger partial charge in [-0.25, -0.2) is 9.79 Å². The van der Waals surface area contributed by atoms with E-state index in [1.165, 1.54) is 4.57 Å². The SMILES string of the molecule is Cc1ccc(N=C(/C=C(\N)C(C)(C)C)NC(=O)N[C@H]2CC[C@@H](Oc3ccc(=N)n(C(=N)N4CCN(CCO)CC4)c3)c3ccccc32)cc1. The van der Waals surface area contributed by atoms with Gasteiger partial charge in [0.1, 0.15) is 23.2 Å². The third-order valence-corrected chi connectivity index (χ3v) is 8.94. The number of allylic oxidation sites excluding steroid dienone is 1. The quantitative estimate of drug-likeness (QED) is 0.160. The van der Waals surface area contributed by atoms with Crippen molar-refractivity contribution in [2.75, 3.05) is 39.3 Å². The Morgan fingerprint density at radius 2 is 1.73 bits per heavy atom. The molecule has 0 spiro atoms. The molecule has 1 aliphatic carbocycles. The van der Waals surface area contributed by atoms with Crippen LogP contribution in [0.5, 0.6) is 5.75 Å². The van der Waals surface area contributed by atoms with E-state index in [9.17, 15) is 9.90 Å². The number of aryl methyl sites for hydroxylation is 1. The number of nitrogens with zero attached hydrogens (tertiary/aromatic N) is 4. The minimum atomic E-state index is -0.384. The molecule has 3 aromatic rings. The molecule has 12 nitrogen and oxygen atoms in total. The molecular weight excluding hydrogens is 618 g/mol. The Morgan fingerprint density at radius 1 is 1.04 bits per heavy atom. The van der Waals surface area contributed by atoms with E-state index in [1.54, 1.807) is 24.4 Å². The molecule has 0 unspecified atom stereocenters. The van der Waals surface area contributed by atoms with E-state index in [0.29, 0.717) is 55.4 Å². The Hall–Kier alpha value is -4.94. The molecule has 0 saturated carbocycles. The second-order valence-electron chi connectivity index (χ2n) is 13.6. The van der Waals surface area contributed by atoms with Gasteiger partial charge in [-0.2, -0.15) is 0 Å². The van der Waals surface area contributed by atoms with Crippen LogP contribution in [-0.4, -0.2) is 76.6 Å². The monoisotopic (exact) mass is 667 g/mol. The minimum Gasteiger partial charge on any atom is -0.484 e. The summed E-state index contributed by atoms with van der Waals surface area (Å²) in [5, 5.41) is 32.6. The van der Waals surface area contributed by atoms with E-state index in [2.05, 4.69) is 20.5 Å². The lowest BCUT2D eigenvalue weighted by molar-refractivity contribution is 0.145. The van der Waals surface area contributed by atoms with Gasteiger partial charge in [0.2, 0.25) is 5.96 Å². The number of hydrogen-bond acceptors (Lipinski definition) is 8. The maximum absolute atomic E-state index is 13.4. The van der Waals surface area contributed by atoms with Gasteiger partial charge in [-0.1, -0.05) is 62.7 Å². The van der Waals surface area contributed by atoms with Gasteiger partial charge in [0.25, 0.3) is 0 Å². The van der Waals surface area contributed by atoms with Crippen molar-refractivity contribution < 1.29 is 14.6 Å². The Balaban J connectivity index is 1.29. The number of aliphatic hydroxyl groups is 1. The van der Waals surface area contributed by atoms with Crippen LogP contribution in [0.4, 0.5) is 10.5 Å². The second-order valence-corrected chi connectivity index (χ2v) is 13.6. The van der Waals surface area contributed by atoms with Crippen LogP contribution in [-0.2, 0) is 0 Å². The zero-order valence-electron chi connectivity index (χ0n) is 28.9. The fraction of sp³-hybridized carbons (Fsp3) is 0.405. The Bertz CT molecular complexity index is 1750. The van der Waals surface area contributed by atoms with Crippen LogP contribution >= 0.6 is 0 Å². The maximum Gasteiger partial charge on any atom is 0.320 e. The first-order valence-electron chi connectivity index (χ1n) is 16.8. The number of piperazine rings is 1. The lowest BCUT2D eigenvalue weighted by Crippen LogP contribution is -2.52. The van der Waals surface area contributed by atoms with Crippen LogP contribution in [0.15, 0.2) is 83.6 Å². The van der Waals surface area contributed by atoms with Crippen LogP contribution < -0.4 is 26.6 Å². The zero-order valence-corrected chi connectivity index (χ0v) is 28.9. The van der Waals surface area contributed by atoms with E-state index >= 15 is 0 Å². The largest absolute Gasteiger partial charge is 0.484 e. The molecule has 12 heteroatoms. The molecule has 7 N–H and O–H groups in total. The van der Waals surface area contributed by atoms with E-state index in [-0.39, 0.29) is 41.6 Å². The van der Waals surface area contributed by atoms with Gasteiger partial charge >= 0.3 is 6.03 Å². The summed E-state index contributed by atoms with van der Waals surface area (Å²) in [7, 11) is 0. The van der Waals surface area contributed by atoms with Crippen molar-refractivity contribution >= 4 is 23.5 Å². The molecular formula is C37H49N9O3. The van der Waals surface area contributed by atoms with E-state index < -0.39 is 0 Å². The predicted molar refractivity (Wildman–Crippen MR) is 192 cm³/mol. The molecule has 1 aliphatic heterocycles. The predicted octanol–water partition coefficient (Wildman–Crippen LogP) is 4.54. The number of benzene rings is 2. The number of carbonyl (C=O) groups is 1. The number of carbonyl (C=O) groups excluding carboxylic acids is 1. The van der Waals surface area contributed by atoms with Crippen molar-refractivity contribution in [3.8, 4) is 5.75 Å². The number of β-amino-alcohol motifs (C(OH)–C–C–N with tert-alkyl or cyclic N) is 1. The summed E-state index contributed by atoms with van der Waals surface area (Å²) < 4.78 is 8.05. The number of fused-ring (bicyclic) bond motifs is 1. The van der Waals surface area contributed by atoms with Gasteiger partial charge in [0.15, 0.2) is 0 Å². The lowest BCUT2D eigenvalue weighted by Gasteiger charge is -2.36. The first kappa shape index (κ1) is 35.4. The summed E-state index contributed by atoms with van der Waals surface area (Å²) in [5.41, 5.74) is 10.6. The molecule has 49 heavy (non-hydrogen) atoms. The van der Waals surface area contributed by atoms with Gasteiger partial charge in [0.05, 0.1) is 24.5 Å². The van der Waals surface area contributed by atoms with Crippen molar-refractivity contribution in [2.45, 2.75) is 52.7 Å². The van der Waals surface area contributed by atoms with E-state index in [1.807, 2.05) is 81.1 Å². The van der Waals surface area contributed by atoms with Gasteiger partial charge < -0.3 is 25.8 Å². The summed E-state index contributed by atoms with van der Waals surface area (Å²) in [6, 6.07) is 18.5. The van der Waals surface area contributed by atoms with Crippen LogP contribution in [0.3, 0.4) is 0 Å².